The molecule has 4 heteroatoms. The second-order valence-corrected chi connectivity index (χ2v) is 6.47. The standard InChI is InChI=1S/C15H26N2O2/c16-5-8-19-13-3-6-17(7-4-13)15(18)14-10-11-1-2-12(14)9-11/h11-14H,1-10,16H2. The molecule has 4 nitrogen and oxygen atoms in total. The molecule has 0 aromatic rings. The molecule has 19 heavy (non-hydrogen) atoms. The smallest absolute Gasteiger partial charge is 0.225 e. The molecule has 0 aromatic carbocycles. The van der Waals surface area contributed by atoms with Gasteiger partial charge >= 0.3 is 0 Å². The summed E-state index contributed by atoms with van der Waals surface area (Å²) < 4.78 is 5.67. The predicted octanol–water partition coefficient (Wildman–Crippen LogP) is 1.39. The van der Waals surface area contributed by atoms with E-state index in [4.69, 9.17) is 10.5 Å². The second kappa shape index (κ2) is 5.80. The van der Waals surface area contributed by atoms with Gasteiger partial charge in [-0.3, -0.25) is 4.79 Å². The number of amides is 1. The Morgan fingerprint density at radius 2 is 1.95 bits per heavy atom. The summed E-state index contributed by atoms with van der Waals surface area (Å²) in [4.78, 5) is 14.7. The molecule has 0 spiro atoms. The second-order valence-electron chi connectivity index (χ2n) is 6.47. The Morgan fingerprint density at radius 1 is 1.16 bits per heavy atom. The third kappa shape index (κ3) is 2.79. The lowest BCUT2D eigenvalue weighted by Crippen LogP contribution is -2.44. The van der Waals surface area contributed by atoms with Crippen molar-refractivity contribution in [2.24, 2.45) is 23.5 Å². The Balaban J connectivity index is 1.47. The van der Waals surface area contributed by atoms with Crippen molar-refractivity contribution in [1.82, 2.24) is 4.90 Å². The van der Waals surface area contributed by atoms with Crippen molar-refractivity contribution in [1.29, 1.82) is 0 Å². The molecule has 1 aliphatic heterocycles. The van der Waals surface area contributed by atoms with Crippen molar-refractivity contribution in [3.8, 4) is 0 Å². The largest absolute Gasteiger partial charge is 0.377 e. The van der Waals surface area contributed by atoms with Crippen LogP contribution in [-0.2, 0) is 9.53 Å². The molecule has 1 heterocycles. The Bertz CT molecular complexity index is 326. The molecule has 1 amide bonds. The summed E-state index contributed by atoms with van der Waals surface area (Å²) in [6.45, 7) is 2.99. The molecule has 2 N–H and O–H groups in total. The molecule has 2 saturated carbocycles. The predicted molar refractivity (Wildman–Crippen MR) is 73.5 cm³/mol. The summed E-state index contributed by atoms with van der Waals surface area (Å²) in [5, 5.41) is 0. The monoisotopic (exact) mass is 266 g/mol. The van der Waals surface area contributed by atoms with Gasteiger partial charge in [-0.2, -0.15) is 0 Å². The quantitative estimate of drug-likeness (QED) is 0.836. The first-order valence-electron chi connectivity index (χ1n) is 7.88. The van der Waals surface area contributed by atoms with E-state index < -0.39 is 0 Å². The van der Waals surface area contributed by atoms with Crippen molar-refractivity contribution >= 4 is 5.91 Å². The minimum atomic E-state index is 0.313. The lowest BCUT2D eigenvalue weighted by Gasteiger charge is -2.35. The molecular weight excluding hydrogens is 240 g/mol. The normalized spacial score (nSPS) is 35.0. The van der Waals surface area contributed by atoms with Crippen LogP contribution in [0.5, 0.6) is 0 Å². The first-order valence-corrected chi connectivity index (χ1v) is 7.88. The van der Waals surface area contributed by atoms with Crippen molar-refractivity contribution in [3.63, 3.8) is 0 Å². The van der Waals surface area contributed by atoms with Crippen LogP contribution in [0.2, 0.25) is 0 Å². The minimum absolute atomic E-state index is 0.313. The van der Waals surface area contributed by atoms with Crippen molar-refractivity contribution < 1.29 is 9.53 Å². The lowest BCUT2D eigenvalue weighted by atomic mass is 9.87. The van der Waals surface area contributed by atoms with Crippen molar-refractivity contribution in [3.05, 3.63) is 0 Å². The molecule has 2 bridgehead atoms. The van der Waals surface area contributed by atoms with Crippen molar-refractivity contribution in [2.45, 2.75) is 44.6 Å². The third-order valence-electron chi connectivity index (χ3n) is 5.28. The van der Waals surface area contributed by atoms with Crippen LogP contribution in [0, 0.1) is 17.8 Å². The van der Waals surface area contributed by atoms with Crippen LogP contribution >= 0.6 is 0 Å². The van der Waals surface area contributed by atoms with Gasteiger partial charge in [0.1, 0.15) is 0 Å². The number of rotatable bonds is 4. The number of fused-ring (bicyclic) bond motifs is 2. The molecular formula is C15H26N2O2. The zero-order valence-corrected chi connectivity index (χ0v) is 11.7. The fourth-order valence-electron chi connectivity index (χ4n) is 4.26. The van der Waals surface area contributed by atoms with Crippen LogP contribution in [0.3, 0.4) is 0 Å². The maximum atomic E-state index is 12.6. The zero-order chi connectivity index (χ0) is 13.2. The number of carbonyl (C=O) groups excluding carboxylic acids is 1. The molecule has 108 valence electrons. The van der Waals surface area contributed by atoms with Gasteiger partial charge in [0.05, 0.1) is 12.7 Å². The zero-order valence-electron chi connectivity index (χ0n) is 11.7. The first kappa shape index (κ1) is 13.4. The number of nitrogens with zero attached hydrogens (tertiary/aromatic N) is 1. The minimum Gasteiger partial charge on any atom is -0.377 e. The highest BCUT2D eigenvalue weighted by atomic mass is 16.5. The number of piperidine rings is 1. The average molecular weight is 266 g/mol. The van der Waals surface area contributed by atoms with Gasteiger partial charge in [-0.05, 0) is 43.9 Å². The maximum Gasteiger partial charge on any atom is 0.225 e. The third-order valence-corrected chi connectivity index (χ3v) is 5.28. The van der Waals surface area contributed by atoms with Gasteiger partial charge in [-0.25, -0.2) is 0 Å². The number of ether oxygens (including phenoxy) is 1. The van der Waals surface area contributed by atoms with Crippen LogP contribution in [0.4, 0.5) is 0 Å². The molecule has 0 aromatic heterocycles. The average Bonchev–Trinajstić information content (AvgIpc) is 3.07. The molecule has 3 fully saturated rings. The number of hydrogen-bond donors (Lipinski definition) is 1. The van der Waals surface area contributed by atoms with Gasteiger partial charge in [0, 0.05) is 25.6 Å². The lowest BCUT2D eigenvalue weighted by molar-refractivity contribution is -0.139. The van der Waals surface area contributed by atoms with E-state index in [1.54, 1.807) is 0 Å². The first-order chi connectivity index (χ1) is 9.28. The van der Waals surface area contributed by atoms with Crippen LogP contribution in [0.1, 0.15) is 38.5 Å². The SMILES string of the molecule is NCCOC1CCN(C(=O)C2CC3CCC2C3)CC1. The highest BCUT2D eigenvalue weighted by Crippen LogP contribution is 2.49. The van der Waals surface area contributed by atoms with Crippen LogP contribution in [-0.4, -0.2) is 43.2 Å². The van der Waals surface area contributed by atoms with Crippen molar-refractivity contribution in [2.75, 3.05) is 26.2 Å². The fourth-order valence-corrected chi connectivity index (χ4v) is 4.26. The maximum absolute atomic E-state index is 12.6. The van der Waals surface area contributed by atoms with Gasteiger partial charge in [0.2, 0.25) is 5.91 Å². The van der Waals surface area contributed by atoms with Crippen LogP contribution in [0.15, 0.2) is 0 Å². The summed E-state index contributed by atoms with van der Waals surface area (Å²) in [6.07, 6.45) is 7.40. The number of hydrogen-bond acceptors (Lipinski definition) is 3. The van der Waals surface area contributed by atoms with E-state index in [0.717, 1.165) is 38.3 Å². The number of carbonyl (C=O) groups is 1. The van der Waals surface area contributed by atoms with Crippen LogP contribution in [0.25, 0.3) is 0 Å². The summed E-state index contributed by atoms with van der Waals surface area (Å²) in [6, 6.07) is 0. The summed E-state index contributed by atoms with van der Waals surface area (Å²) >= 11 is 0. The Hall–Kier alpha value is -0.610. The Morgan fingerprint density at radius 3 is 2.53 bits per heavy atom. The van der Waals surface area contributed by atoms with E-state index >= 15 is 0 Å². The Labute approximate surface area is 115 Å². The highest BCUT2D eigenvalue weighted by molar-refractivity contribution is 5.79. The van der Waals surface area contributed by atoms with E-state index in [9.17, 15) is 4.79 Å². The number of nitrogens with two attached hydrogens (primary N) is 1. The molecule has 3 aliphatic rings. The van der Waals surface area contributed by atoms with E-state index in [1.165, 1.54) is 19.3 Å². The summed E-state index contributed by atoms with van der Waals surface area (Å²) in [5.41, 5.74) is 5.45. The van der Waals surface area contributed by atoms with E-state index in [0.29, 0.717) is 37.0 Å². The molecule has 3 rings (SSSR count). The van der Waals surface area contributed by atoms with Gasteiger partial charge in [0.25, 0.3) is 0 Å². The fraction of sp³-hybridized carbons (Fsp3) is 0.933. The summed E-state index contributed by atoms with van der Waals surface area (Å²) in [5.74, 6) is 2.33. The Kier molecular flexibility index (Phi) is 4.08. The highest BCUT2D eigenvalue weighted by Gasteiger charge is 2.44. The summed E-state index contributed by atoms with van der Waals surface area (Å²) in [7, 11) is 0. The molecule has 1 saturated heterocycles. The molecule has 0 radical (unpaired) electrons. The van der Waals surface area contributed by atoms with E-state index in [1.807, 2.05) is 0 Å². The topological polar surface area (TPSA) is 55.6 Å². The molecule has 3 atom stereocenters. The van der Waals surface area contributed by atoms with Gasteiger partial charge in [-0.15, -0.1) is 0 Å². The molecule has 2 aliphatic carbocycles. The van der Waals surface area contributed by atoms with Crippen LogP contribution < -0.4 is 5.73 Å². The van der Waals surface area contributed by atoms with Gasteiger partial charge in [0.15, 0.2) is 0 Å². The van der Waals surface area contributed by atoms with Gasteiger partial charge < -0.3 is 15.4 Å². The molecule has 3 unspecified atom stereocenters. The van der Waals surface area contributed by atoms with Gasteiger partial charge in [-0.1, -0.05) is 6.42 Å². The number of likely N-dealkylation sites (tertiary alicyclic amines) is 1. The van der Waals surface area contributed by atoms with E-state index in [-0.39, 0.29) is 0 Å². The van der Waals surface area contributed by atoms with E-state index in [2.05, 4.69) is 4.90 Å².